The minimum Gasteiger partial charge on any atom is -0.493 e. The van der Waals surface area contributed by atoms with E-state index in [2.05, 4.69) is 17.0 Å². The molecule has 2 aromatic carbocycles. The number of anilines is 2. The number of rotatable bonds is 6. The van der Waals surface area contributed by atoms with E-state index in [9.17, 15) is 9.90 Å². The van der Waals surface area contributed by atoms with Crippen LogP contribution >= 0.6 is 0 Å². The van der Waals surface area contributed by atoms with Crippen molar-refractivity contribution in [2.45, 2.75) is 13.3 Å². The number of nitrogens with zero attached hydrogens (tertiary/aromatic N) is 2. The minimum atomic E-state index is -0.638. The van der Waals surface area contributed by atoms with Crippen LogP contribution in [0.15, 0.2) is 43.0 Å². The molecule has 154 valence electrons. The molecular formula is C23H23N3O4. The summed E-state index contributed by atoms with van der Waals surface area (Å²) in [4.78, 5) is 12.4. The van der Waals surface area contributed by atoms with E-state index in [1.807, 2.05) is 43.3 Å². The Hall–Kier alpha value is -3.58. The van der Waals surface area contributed by atoms with Gasteiger partial charge >= 0.3 is 0 Å². The highest BCUT2D eigenvalue weighted by molar-refractivity contribution is 5.91. The largest absolute Gasteiger partial charge is 0.493 e. The third-order valence-electron chi connectivity index (χ3n) is 5.20. The lowest BCUT2D eigenvalue weighted by molar-refractivity contribution is 0.0804. The molecule has 0 amide bonds. The normalized spacial score (nSPS) is 11.6. The highest BCUT2D eigenvalue weighted by Gasteiger charge is 2.31. The number of aliphatic hydroxyl groups is 1. The second kappa shape index (κ2) is 7.68. The maximum absolute atomic E-state index is 12.4. The SMILES string of the molecule is C=C(C)c1cccc(Nc2nn(C(=O)CO)c3c2Cc2cc(OC)c(OC)cc2-3)c1. The van der Waals surface area contributed by atoms with Crippen molar-refractivity contribution in [1.82, 2.24) is 9.78 Å². The number of aromatic nitrogens is 2. The van der Waals surface area contributed by atoms with Crippen molar-refractivity contribution >= 4 is 23.0 Å². The Morgan fingerprint density at radius 3 is 2.63 bits per heavy atom. The maximum atomic E-state index is 12.4. The average Bonchev–Trinajstić information content (AvgIpc) is 3.29. The predicted octanol–water partition coefficient (Wildman–Crippen LogP) is 3.88. The zero-order chi connectivity index (χ0) is 21.4. The molecule has 0 saturated heterocycles. The van der Waals surface area contributed by atoms with Gasteiger partial charge in [-0.15, -0.1) is 5.10 Å². The molecule has 0 atom stereocenters. The van der Waals surface area contributed by atoms with Gasteiger partial charge in [0, 0.05) is 23.2 Å². The van der Waals surface area contributed by atoms with Gasteiger partial charge in [-0.25, -0.2) is 0 Å². The monoisotopic (exact) mass is 405 g/mol. The molecule has 3 aromatic rings. The Kier molecular flexibility index (Phi) is 5.05. The fraction of sp³-hybridized carbons (Fsp3) is 0.217. The summed E-state index contributed by atoms with van der Waals surface area (Å²) in [7, 11) is 3.16. The van der Waals surface area contributed by atoms with Gasteiger partial charge in [0.05, 0.1) is 19.9 Å². The first-order valence-corrected chi connectivity index (χ1v) is 9.51. The van der Waals surface area contributed by atoms with Gasteiger partial charge in [-0.1, -0.05) is 24.3 Å². The number of methoxy groups -OCH3 is 2. The zero-order valence-electron chi connectivity index (χ0n) is 17.2. The fourth-order valence-electron chi connectivity index (χ4n) is 3.72. The number of carbonyl (C=O) groups is 1. The number of hydrogen-bond acceptors (Lipinski definition) is 6. The van der Waals surface area contributed by atoms with Crippen molar-refractivity contribution in [3.63, 3.8) is 0 Å². The van der Waals surface area contributed by atoms with Crippen molar-refractivity contribution < 1.29 is 19.4 Å². The van der Waals surface area contributed by atoms with Gasteiger partial charge in [0.1, 0.15) is 6.61 Å². The Balaban J connectivity index is 1.83. The van der Waals surface area contributed by atoms with Crippen LogP contribution in [0.5, 0.6) is 11.5 Å². The van der Waals surface area contributed by atoms with E-state index in [-0.39, 0.29) is 0 Å². The lowest BCUT2D eigenvalue weighted by atomic mass is 10.1. The Morgan fingerprint density at radius 1 is 1.23 bits per heavy atom. The predicted molar refractivity (Wildman–Crippen MR) is 116 cm³/mol. The van der Waals surface area contributed by atoms with Gasteiger partial charge < -0.3 is 19.9 Å². The molecule has 0 fully saturated rings. The average molecular weight is 405 g/mol. The van der Waals surface area contributed by atoms with Gasteiger partial charge in [-0.05, 0) is 42.3 Å². The molecular weight excluding hydrogens is 382 g/mol. The van der Waals surface area contributed by atoms with Gasteiger partial charge in [-0.2, -0.15) is 4.68 Å². The molecule has 1 heterocycles. The van der Waals surface area contributed by atoms with Crippen molar-refractivity contribution in [2.75, 3.05) is 26.1 Å². The molecule has 2 N–H and O–H groups in total. The summed E-state index contributed by atoms with van der Waals surface area (Å²) in [5, 5.41) is 17.3. The summed E-state index contributed by atoms with van der Waals surface area (Å²) in [6.45, 7) is 5.30. The summed E-state index contributed by atoms with van der Waals surface area (Å²) in [6.07, 6.45) is 0.576. The number of nitrogens with one attached hydrogen (secondary N) is 1. The van der Waals surface area contributed by atoms with Crippen LogP contribution in [-0.4, -0.2) is 41.6 Å². The number of hydrogen-bond donors (Lipinski definition) is 2. The molecule has 0 bridgehead atoms. The van der Waals surface area contributed by atoms with E-state index in [1.54, 1.807) is 14.2 Å². The zero-order valence-corrected chi connectivity index (χ0v) is 17.2. The number of allylic oxidation sites excluding steroid dienone is 1. The summed E-state index contributed by atoms with van der Waals surface area (Å²) in [6, 6.07) is 11.6. The number of fused-ring (bicyclic) bond motifs is 3. The van der Waals surface area contributed by atoms with Gasteiger partial charge in [0.15, 0.2) is 17.3 Å². The molecule has 1 aliphatic rings. The van der Waals surface area contributed by atoms with Gasteiger partial charge in [0.2, 0.25) is 0 Å². The summed E-state index contributed by atoms with van der Waals surface area (Å²) >= 11 is 0. The minimum absolute atomic E-state index is 0.502. The first-order valence-electron chi connectivity index (χ1n) is 9.51. The summed E-state index contributed by atoms with van der Waals surface area (Å²) < 4.78 is 12.1. The number of ether oxygens (including phenoxy) is 2. The van der Waals surface area contributed by atoms with Crippen LogP contribution in [-0.2, 0) is 6.42 Å². The molecule has 30 heavy (non-hydrogen) atoms. The highest BCUT2D eigenvalue weighted by atomic mass is 16.5. The smallest absolute Gasteiger partial charge is 0.273 e. The standard InChI is InChI=1S/C23H23N3O4/c1-13(2)14-6-5-7-16(8-14)24-23-18-9-15-10-19(29-3)20(30-4)11-17(15)22(18)26(25-23)21(28)12-27/h5-8,10-11,27H,1,9,12H2,2-4H3,(H,24,25). The van der Waals surface area contributed by atoms with Crippen LogP contribution in [0.4, 0.5) is 11.5 Å². The molecule has 0 aliphatic heterocycles. The number of carbonyl (C=O) groups excluding carboxylic acids is 1. The summed E-state index contributed by atoms with van der Waals surface area (Å²) in [5.74, 6) is 1.26. The molecule has 0 unspecified atom stereocenters. The van der Waals surface area contributed by atoms with Crippen LogP contribution in [0, 0.1) is 0 Å². The van der Waals surface area contributed by atoms with Crippen molar-refractivity contribution in [1.29, 1.82) is 0 Å². The number of aliphatic hydroxyl groups excluding tert-OH is 1. The lowest BCUT2D eigenvalue weighted by Gasteiger charge is -2.11. The van der Waals surface area contributed by atoms with Crippen molar-refractivity contribution in [3.8, 4) is 22.8 Å². The molecule has 7 heteroatoms. The third-order valence-corrected chi connectivity index (χ3v) is 5.20. The molecule has 0 radical (unpaired) electrons. The van der Waals surface area contributed by atoms with Crippen LogP contribution < -0.4 is 14.8 Å². The topological polar surface area (TPSA) is 85.6 Å². The molecule has 7 nitrogen and oxygen atoms in total. The Morgan fingerprint density at radius 2 is 1.97 bits per heavy atom. The summed E-state index contributed by atoms with van der Waals surface area (Å²) in [5.41, 5.74) is 6.17. The third kappa shape index (κ3) is 3.23. The molecule has 0 saturated carbocycles. The first kappa shape index (κ1) is 19.7. The maximum Gasteiger partial charge on any atom is 0.273 e. The highest BCUT2D eigenvalue weighted by Crippen LogP contribution is 2.45. The quantitative estimate of drug-likeness (QED) is 0.506. The van der Waals surface area contributed by atoms with Crippen LogP contribution in [0.2, 0.25) is 0 Å². The van der Waals surface area contributed by atoms with E-state index in [0.717, 1.165) is 33.5 Å². The van der Waals surface area contributed by atoms with Gasteiger partial charge in [-0.3, -0.25) is 4.79 Å². The van der Waals surface area contributed by atoms with Crippen molar-refractivity contribution in [3.05, 3.63) is 59.7 Å². The fourth-order valence-corrected chi connectivity index (χ4v) is 3.72. The number of benzene rings is 2. The van der Waals surface area contributed by atoms with Gasteiger partial charge in [0.25, 0.3) is 5.91 Å². The van der Waals surface area contributed by atoms with E-state index < -0.39 is 12.5 Å². The van der Waals surface area contributed by atoms with E-state index in [1.165, 1.54) is 4.68 Å². The molecule has 1 aliphatic carbocycles. The molecule has 1 aromatic heterocycles. The molecule has 0 spiro atoms. The Labute approximate surface area is 174 Å². The van der Waals surface area contributed by atoms with E-state index in [4.69, 9.17) is 9.47 Å². The molecule has 4 rings (SSSR count). The Bertz CT molecular complexity index is 1160. The second-order valence-corrected chi connectivity index (χ2v) is 7.17. The van der Waals surface area contributed by atoms with Crippen LogP contribution in [0.1, 0.15) is 28.4 Å². The lowest BCUT2D eigenvalue weighted by Crippen LogP contribution is -2.17. The first-order chi connectivity index (χ1) is 14.5. The van der Waals surface area contributed by atoms with E-state index >= 15 is 0 Å². The van der Waals surface area contributed by atoms with Crippen molar-refractivity contribution in [2.24, 2.45) is 0 Å². The van der Waals surface area contributed by atoms with Crippen LogP contribution in [0.3, 0.4) is 0 Å². The van der Waals surface area contributed by atoms with Crippen LogP contribution in [0.25, 0.3) is 16.8 Å². The second-order valence-electron chi connectivity index (χ2n) is 7.17. The van der Waals surface area contributed by atoms with E-state index in [0.29, 0.717) is 29.4 Å².